The van der Waals surface area contributed by atoms with Gasteiger partial charge in [-0.25, -0.2) is 8.42 Å². The van der Waals surface area contributed by atoms with E-state index in [1.165, 1.54) is 0 Å². The molecule has 0 saturated carbocycles. The predicted octanol–water partition coefficient (Wildman–Crippen LogP) is -0.692. The Labute approximate surface area is 127 Å². The topological polar surface area (TPSA) is 81.1 Å². The van der Waals surface area contributed by atoms with Crippen LogP contribution in [0.25, 0.3) is 0 Å². The molecule has 2 aliphatic rings. The third-order valence-corrected chi connectivity index (χ3v) is 6.90. The molecule has 6 unspecified atom stereocenters. The Morgan fingerprint density at radius 2 is 1.19 bits per heavy atom. The molecule has 0 amide bonds. The van der Waals surface area contributed by atoms with Crippen molar-refractivity contribution in [2.75, 3.05) is 24.6 Å². The van der Waals surface area contributed by atoms with Gasteiger partial charge in [0.05, 0.1) is 23.7 Å². The molecule has 2 saturated heterocycles. The second-order valence-electron chi connectivity index (χ2n) is 6.65. The normalized spacial score (nSPS) is 35.9. The van der Waals surface area contributed by atoms with Gasteiger partial charge in [0, 0.05) is 37.3 Å². The van der Waals surface area contributed by atoms with Crippen molar-refractivity contribution >= 4 is 9.84 Å². The SMILES string of the molecule is CC(O)C(C)N1CCN(C(C)C(C)O)C2CS(=O)(=O)CC21. The van der Waals surface area contributed by atoms with Crippen LogP contribution >= 0.6 is 0 Å². The molecular weight excluding hydrogens is 292 g/mol. The van der Waals surface area contributed by atoms with Crippen molar-refractivity contribution in [3.63, 3.8) is 0 Å². The maximum atomic E-state index is 12.1. The molecule has 124 valence electrons. The molecule has 2 N–H and O–H groups in total. The highest BCUT2D eigenvalue weighted by atomic mass is 32.2. The average Bonchev–Trinajstić information content (AvgIpc) is 2.70. The van der Waals surface area contributed by atoms with Crippen LogP contribution in [0.1, 0.15) is 27.7 Å². The van der Waals surface area contributed by atoms with Gasteiger partial charge in [0.1, 0.15) is 0 Å². The number of hydrogen-bond acceptors (Lipinski definition) is 6. The fourth-order valence-electron chi connectivity index (χ4n) is 3.57. The van der Waals surface area contributed by atoms with E-state index in [9.17, 15) is 18.6 Å². The molecule has 21 heavy (non-hydrogen) atoms. The van der Waals surface area contributed by atoms with Gasteiger partial charge in [-0.3, -0.25) is 9.80 Å². The number of rotatable bonds is 4. The van der Waals surface area contributed by atoms with Crippen LogP contribution in [0.5, 0.6) is 0 Å². The summed E-state index contributed by atoms with van der Waals surface area (Å²) in [5.41, 5.74) is 0. The first kappa shape index (κ1) is 17.1. The van der Waals surface area contributed by atoms with Gasteiger partial charge in [0.15, 0.2) is 9.84 Å². The van der Waals surface area contributed by atoms with E-state index in [-0.39, 0.29) is 35.7 Å². The van der Waals surface area contributed by atoms with Gasteiger partial charge in [0.2, 0.25) is 0 Å². The summed E-state index contributed by atoms with van der Waals surface area (Å²) in [5.74, 6) is 0.301. The third kappa shape index (κ3) is 3.42. The van der Waals surface area contributed by atoms with Crippen molar-refractivity contribution in [2.45, 2.75) is 64.1 Å². The van der Waals surface area contributed by atoms with E-state index in [4.69, 9.17) is 0 Å². The molecule has 7 heteroatoms. The number of nitrogens with zero attached hydrogens (tertiary/aromatic N) is 2. The number of aliphatic hydroxyl groups excluding tert-OH is 2. The van der Waals surface area contributed by atoms with E-state index in [0.29, 0.717) is 0 Å². The van der Waals surface area contributed by atoms with Gasteiger partial charge in [-0.15, -0.1) is 0 Å². The maximum Gasteiger partial charge on any atom is 0.153 e. The molecule has 0 aromatic heterocycles. The summed E-state index contributed by atoms with van der Waals surface area (Å²) in [4.78, 5) is 4.26. The lowest BCUT2D eigenvalue weighted by Gasteiger charge is -2.49. The van der Waals surface area contributed by atoms with E-state index < -0.39 is 22.0 Å². The minimum absolute atomic E-state index is 0.0604. The fourth-order valence-corrected chi connectivity index (χ4v) is 5.58. The highest BCUT2D eigenvalue weighted by Gasteiger charge is 2.49. The van der Waals surface area contributed by atoms with E-state index in [1.807, 2.05) is 13.8 Å². The summed E-state index contributed by atoms with van der Waals surface area (Å²) in [6, 6.07) is -0.297. The Morgan fingerprint density at radius 1 is 0.857 bits per heavy atom. The van der Waals surface area contributed by atoms with Crippen molar-refractivity contribution in [1.29, 1.82) is 0 Å². The van der Waals surface area contributed by atoms with E-state index in [2.05, 4.69) is 9.80 Å². The minimum atomic E-state index is -3.06. The van der Waals surface area contributed by atoms with Crippen LogP contribution in [0, 0.1) is 0 Å². The third-order valence-electron chi connectivity index (χ3n) is 5.20. The maximum absolute atomic E-state index is 12.1. The first-order chi connectivity index (χ1) is 9.64. The smallest absolute Gasteiger partial charge is 0.153 e. The first-order valence-electron chi connectivity index (χ1n) is 7.72. The number of hydrogen-bond donors (Lipinski definition) is 2. The summed E-state index contributed by atoms with van der Waals surface area (Å²) in [6.45, 7) is 8.82. The lowest BCUT2D eigenvalue weighted by molar-refractivity contribution is -0.0482. The molecule has 2 rings (SSSR count). The summed E-state index contributed by atoms with van der Waals surface area (Å²) in [5, 5.41) is 19.7. The largest absolute Gasteiger partial charge is 0.392 e. The first-order valence-corrected chi connectivity index (χ1v) is 9.54. The molecule has 0 spiro atoms. The number of aliphatic hydroxyl groups is 2. The second kappa shape index (κ2) is 6.12. The molecule has 0 bridgehead atoms. The van der Waals surface area contributed by atoms with E-state index in [0.717, 1.165) is 13.1 Å². The highest BCUT2D eigenvalue weighted by molar-refractivity contribution is 7.91. The van der Waals surface area contributed by atoms with Gasteiger partial charge < -0.3 is 10.2 Å². The molecule has 2 heterocycles. The molecule has 0 aromatic rings. The van der Waals surface area contributed by atoms with E-state index >= 15 is 0 Å². The van der Waals surface area contributed by atoms with Crippen LogP contribution in [0.15, 0.2) is 0 Å². The molecule has 2 aliphatic heterocycles. The van der Waals surface area contributed by atoms with Crippen LogP contribution in [-0.4, -0.2) is 89.4 Å². The van der Waals surface area contributed by atoms with Gasteiger partial charge >= 0.3 is 0 Å². The summed E-state index contributed by atoms with van der Waals surface area (Å²) in [7, 11) is -3.06. The van der Waals surface area contributed by atoms with Crippen LogP contribution < -0.4 is 0 Å². The Hall–Kier alpha value is -0.210. The molecule has 0 aromatic carbocycles. The van der Waals surface area contributed by atoms with E-state index in [1.54, 1.807) is 13.8 Å². The number of sulfone groups is 1. The Balaban J connectivity index is 2.25. The molecule has 2 fully saturated rings. The van der Waals surface area contributed by atoms with Crippen LogP contribution in [0.2, 0.25) is 0 Å². The fraction of sp³-hybridized carbons (Fsp3) is 1.00. The zero-order chi connectivity index (χ0) is 15.9. The number of piperazine rings is 1. The second-order valence-corrected chi connectivity index (χ2v) is 8.80. The number of fused-ring (bicyclic) bond motifs is 1. The monoisotopic (exact) mass is 320 g/mol. The zero-order valence-corrected chi connectivity index (χ0v) is 14.1. The van der Waals surface area contributed by atoms with Crippen LogP contribution in [-0.2, 0) is 9.84 Å². The van der Waals surface area contributed by atoms with Gasteiger partial charge in [-0.2, -0.15) is 0 Å². The van der Waals surface area contributed by atoms with Crippen molar-refractivity contribution in [3.8, 4) is 0 Å². The summed E-state index contributed by atoms with van der Waals surface area (Å²) in [6.07, 6.45) is -0.982. The molecule has 6 nitrogen and oxygen atoms in total. The zero-order valence-electron chi connectivity index (χ0n) is 13.3. The van der Waals surface area contributed by atoms with Crippen LogP contribution in [0.3, 0.4) is 0 Å². The standard InChI is InChI=1S/C14H28N2O4S/c1-9(11(3)17)15-5-6-16(10(2)12(4)18)14-8-21(19,20)7-13(14)15/h9-14,17-18H,5-8H2,1-4H3. The highest BCUT2D eigenvalue weighted by Crippen LogP contribution is 2.30. The minimum Gasteiger partial charge on any atom is -0.392 e. The predicted molar refractivity (Wildman–Crippen MR) is 81.9 cm³/mol. The molecular formula is C14H28N2O4S. The summed E-state index contributed by atoms with van der Waals surface area (Å²) >= 11 is 0. The van der Waals surface area contributed by atoms with Crippen molar-refractivity contribution in [1.82, 2.24) is 9.80 Å². The van der Waals surface area contributed by atoms with Gasteiger partial charge in [-0.05, 0) is 27.7 Å². The Kier molecular flexibility index (Phi) is 5.00. The Bertz CT molecular complexity index is 430. The van der Waals surface area contributed by atoms with Crippen molar-refractivity contribution in [2.24, 2.45) is 0 Å². The van der Waals surface area contributed by atoms with Crippen LogP contribution in [0.4, 0.5) is 0 Å². The molecule has 0 aliphatic carbocycles. The molecule has 6 atom stereocenters. The quantitative estimate of drug-likeness (QED) is 0.713. The van der Waals surface area contributed by atoms with Crippen molar-refractivity contribution in [3.05, 3.63) is 0 Å². The lowest BCUT2D eigenvalue weighted by atomic mass is 9.98. The molecule has 0 radical (unpaired) electrons. The van der Waals surface area contributed by atoms with Gasteiger partial charge in [0.25, 0.3) is 0 Å². The van der Waals surface area contributed by atoms with Crippen molar-refractivity contribution < 1.29 is 18.6 Å². The summed E-state index contributed by atoms with van der Waals surface area (Å²) < 4.78 is 24.2. The lowest BCUT2D eigenvalue weighted by Crippen LogP contribution is -2.65. The van der Waals surface area contributed by atoms with Gasteiger partial charge in [-0.1, -0.05) is 0 Å². The Morgan fingerprint density at radius 3 is 1.48 bits per heavy atom. The average molecular weight is 320 g/mol.